The van der Waals surface area contributed by atoms with Crippen molar-refractivity contribution < 1.29 is 9.47 Å². The van der Waals surface area contributed by atoms with Crippen molar-refractivity contribution in [2.24, 2.45) is 16.6 Å². The number of morpholine rings is 1. The van der Waals surface area contributed by atoms with Crippen molar-refractivity contribution >= 4 is 5.96 Å². The lowest BCUT2D eigenvalue weighted by Gasteiger charge is -2.34. The second kappa shape index (κ2) is 9.06. The number of ether oxygens (including phenoxy) is 2. The van der Waals surface area contributed by atoms with Crippen LogP contribution in [-0.2, 0) is 4.74 Å². The fraction of sp³-hybridized carbons (Fsp3) is 0.632. The van der Waals surface area contributed by atoms with Crippen molar-refractivity contribution in [3.05, 3.63) is 29.8 Å². The van der Waals surface area contributed by atoms with Crippen LogP contribution < -0.4 is 15.8 Å². The van der Waals surface area contributed by atoms with Gasteiger partial charge in [-0.1, -0.05) is 18.6 Å². The predicted molar refractivity (Wildman–Crippen MR) is 100.0 cm³/mol. The predicted octanol–water partition coefficient (Wildman–Crippen LogP) is 1.77. The molecule has 25 heavy (non-hydrogen) atoms. The van der Waals surface area contributed by atoms with Crippen LogP contribution in [0, 0.1) is 5.92 Å². The Bertz CT molecular complexity index is 551. The van der Waals surface area contributed by atoms with Crippen molar-refractivity contribution in [1.29, 1.82) is 0 Å². The molecule has 0 amide bonds. The van der Waals surface area contributed by atoms with Gasteiger partial charge in [0.2, 0.25) is 0 Å². The number of rotatable bonds is 7. The Balaban J connectivity index is 1.64. The highest BCUT2D eigenvalue weighted by atomic mass is 16.5. The molecule has 1 saturated heterocycles. The summed E-state index contributed by atoms with van der Waals surface area (Å²) in [6, 6.07) is 8.45. The largest absolute Gasteiger partial charge is 0.497 e. The first-order chi connectivity index (χ1) is 12.3. The van der Waals surface area contributed by atoms with Crippen LogP contribution in [0.1, 0.15) is 30.9 Å². The van der Waals surface area contributed by atoms with E-state index in [1.54, 1.807) is 7.11 Å². The van der Waals surface area contributed by atoms with Crippen LogP contribution >= 0.6 is 0 Å². The van der Waals surface area contributed by atoms with Gasteiger partial charge in [-0.05, 0) is 36.5 Å². The van der Waals surface area contributed by atoms with Gasteiger partial charge in [0.15, 0.2) is 5.96 Å². The third kappa shape index (κ3) is 5.09. The number of methoxy groups -OCH3 is 1. The lowest BCUT2D eigenvalue weighted by atomic mass is 9.85. The molecule has 2 fully saturated rings. The molecular formula is C19H30N4O2. The summed E-state index contributed by atoms with van der Waals surface area (Å²) in [4.78, 5) is 7.04. The van der Waals surface area contributed by atoms with Gasteiger partial charge in [-0.25, -0.2) is 0 Å². The summed E-state index contributed by atoms with van der Waals surface area (Å²) < 4.78 is 10.8. The standard InChI is InChI=1S/C19H30N4O2/c1-24-17-7-5-16(6-8-17)18(23-9-11-25-12-10-23)14-22-19(20)21-13-15-3-2-4-15/h5-8,15,18H,2-4,9-14H2,1H3,(H3,20,21,22). The zero-order chi connectivity index (χ0) is 17.5. The second-order valence-corrected chi connectivity index (χ2v) is 6.84. The monoisotopic (exact) mass is 346 g/mol. The Morgan fingerprint density at radius 2 is 2.04 bits per heavy atom. The minimum Gasteiger partial charge on any atom is -0.497 e. The van der Waals surface area contributed by atoms with Gasteiger partial charge in [-0.2, -0.15) is 0 Å². The highest BCUT2D eigenvalue weighted by Gasteiger charge is 2.23. The zero-order valence-electron chi connectivity index (χ0n) is 15.1. The molecule has 6 heteroatoms. The second-order valence-electron chi connectivity index (χ2n) is 6.84. The number of aliphatic imine (C=N–C) groups is 1. The summed E-state index contributed by atoms with van der Waals surface area (Å²) >= 11 is 0. The van der Waals surface area contributed by atoms with E-state index in [-0.39, 0.29) is 6.04 Å². The summed E-state index contributed by atoms with van der Waals surface area (Å²) in [6.07, 6.45) is 3.96. The van der Waals surface area contributed by atoms with Crippen molar-refractivity contribution in [1.82, 2.24) is 10.2 Å². The van der Waals surface area contributed by atoms with E-state index >= 15 is 0 Å². The van der Waals surface area contributed by atoms with Crippen molar-refractivity contribution in [3.63, 3.8) is 0 Å². The van der Waals surface area contributed by atoms with Crippen LogP contribution in [-0.4, -0.2) is 57.4 Å². The minimum absolute atomic E-state index is 0.207. The molecule has 1 aliphatic carbocycles. The van der Waals surface area contributed by atoms with E-state index < -0.39 is 0 Å². The highest BCUT2D eigenvalue weighted by molar-refractivity contribution is 5.77. The molecule has 0 radical (unpaired) electrons. The maximum absolute atomic E-state index is 6.08. The van der Waals surface area contributed by atoms with Gasteiger partial charge in [0.25, 0.3) is 0 Å². The van der Waals surface area contributed by atoms with Gasteiger partial charge in [-0.3, -0.25) is 9.89 Å². The summed E-state index contributed by atoms with van der Waals surface area (Å²) in [7, 11) is 1.69. The molecule has 3 rings (SSSR count). The smallest absolute Gasteiger partial charge is 0.188 e. The van der Waals surface area contributed by atoms with Gasteiger partial charge < -0.3 is 20.5 Å². The molecule has 1 atom stereocenters. The molecule has 1 aromatic carbocycles. The van der Waals surface area contributed by atoms with Crippen molar-refractivity contribution in [2.45, 2.75) is 25.3 Å². The van der Waals surface area contributed by atoms with Crippen LogP contribution in [0.15, 0.2) is 29.3 Å². The quantitative estimate of drug-likeness (QED) is 0.582. The third-order valence-corrected chi connectivity index (χ3v) is 5.22. The van der Waals surface area contributed by atoms with Gasteiger partial charge in [-0.15, -0.1) is 0 Å². The first kappa shape index (κ1) is 18.0. The molecule has 3 N–H and O–H groups in total. The SMILES string of the molecule is COc1ccc(C(CN=C(N)NCC2CCC2)N2CCOCC2)cc1. The fourth-order valence-electron chi connectivity index (χ4n) is 3.33. The van der Waals surface area contributed by atoms with Crippen LogP contribution in [0.5, 0.6) is 5.75 Å². The Kier molecular flexibility index (Phi) is 6.53. The summed E-state index contributed by atoms with van der Waals surface area (Å²) in [5.74, 6) is 2.19. The van der Waals surface area contributed by atoms with Crippen LogP contribution in [0.3, 0.4) is 0 Å². The lowest BCUT2D eigenvalue weighted by molar-refractivity contribution is 0.0179. The number of nitrogens with zero attached hydrogens (tertiary/aromatic N) is 2. The normalized spacial score (nSPS) is 20.8. The van der Waals surface area contributed by atoms with Crippen molar-refractivity contribution in [2.75, 3.05) is 46.5 Å². The Labute approximate surface area is 150 Å². The summed E-state index contributed by atoms with van der Waals surface area (Å²) in [5, 5.41) is 3.28. The van der Waals surface area contributed by atoms with E-state index in [0.717, 1.165) is 44.5 Å². The maximum atomic E-state index is 6.08. The van der Waals surface area contributed by atoms with E-state index in [1.165, 1.54) is 24.8 Å². The first-order valence-electron chi connectivity index (χ1n) is 9.26. The molecule has 6 nitrogen and oxygen atoms in total. The molecule has 1 aromatic rings. The van der Waals surface area contributed by atoms with Crippen molar-refractivity contribution in [3.8, 4) is 5.75 Å². The number of nitrogens with two attached hydrogens (primary N) is 1. The molecule has 0 bridgehead atoms. The number of hydrogen-bond donors (Lipinski definition) is 2. The van der Waals surface area contributed by atoms with Crippen LogP contribution in [0.2, 0.25) is 0 Å². The molecule has 2 aliphatic rings. The lowest BCUT2D eigenvalue weighted by Crippen LogP contribution is -2.41. The number of nitrogens with one attached hydrogen (secondary N) is 1. The summed E-state index contributed by atoms with van der Waals surface area (Å²) in [5.41, 5.74) is 7.31. The molecule has 0 spiro atoms. The fourth-order valence-corrected chi connectivity index (χ4v) is 3.33. The van der Waals surface area contributed by atoms with E-state index in [4.69, 9.17) is 15.2 Å². The van der Waals surface area contributed by atoms with E-state index in [0.29, 0.717) is 12.5 Å². The Morgan fingerprint density at radius 3 is 2.64 bits per heavy atom. The highest BCUT2D eigenvalue weighted by Crippen LogP contribution is 2.26. The molecule has 0 aromatic heterocycles. The molecule has 1 unspecified atom stereocenters. The molecule has 138 valence electrons. The maximum Gasteiger partial charge on any atom is 0.188 e. The average Bonchev–Trinajstić information content (AvgIpc) is 2.62. The number of benzene rings is 1. The summed E-state index contributed by atoms with van der Waals surface area (Å²) in [6.45, 7) is 4.97. The van der Waals surface area contributed by atoms with Gasteiger partial charge in [0.1, 0.15) is 5.75 Å². The van der Waals surface area contributed by atoms with Gasteiger partial charge >= 0.3 is 0 Å². The molecule has 1 heterocycles. The van der Waals surface area contributed by atoms with E-state index in [1.807, 2.05) is 12.1 Å². The van der Waals surface area contributed by atoms with Crippen LogP contribution in [0.25, 0.3) is 0 Å². The average molecular weight is 346 g/mol. The molecule has 1 aliphatic heterocycles. The molecular weight excluding hydrogens is 316 g/mol. The first-order valence-corrected chi connectivity index (χ1v) is 9.26. The third-order valence-electron chi connectivity index (χ3n) is 5.22. The van der Waals surface area contributed by atoms with E-state index in [9.17, 15) is 0 Å². The minimum atomic E-state index is 0.207. The number of hydrogen-bond acceptors (Lipinski definition) is 4. The van der Waals surface area contributed by atoms with Gasteiger partial charge in [0, 0.05) is 19.6 Å². The Hall–Kier alpha value is -1.79. The van der Waals surface area contributed by atoms with E-state index in [2.05, 4.69) is 27.3 Å². The molecule has 1 saturated carbocycles. The topological polar surface area (TPSA) is 72.1 Å². The van der Waals surface area contributed by atoms with Gasteiger partial charge in [0.05, 0.1) is 32.9 Å². The van der Waals surface area contributed by atoms with Crippen LogP contribution in [0.4, 0.5) is 0 Å². The Morgan fingerprint density at radius 1 is 1.32 bits per heavy atom. The zero-order valence-corrected chi connectivity index (χ0v) is 15.1. The number of guanidine groups is 1.